The summed E-state index contributed by atoms with van der Waals surface area (Å²) in [6.45, 7) is 0.416. The van der Waals surface area contributed by atoms with Crippen molar-refractivity contribution in [2.24, 2.45) is 0 Å². The Balaban J connectivity index is 2.35. The van der Waals surface area contributed by atoms with E-state index >= 15 is 0 Å². The van der Waals surface area contributed by atoms with Gasteiger partial charge in [0.2, 0.25) is 0 Å². The average Bonchev–Trinajstić information content (AvgIpc) is 2.34. The number of aromatic nitrogens is 2. The minimum absolute atomic E-state index is 0.107. The lowest BCUT2D eigenvalue weighted by atomic mass is 10.4. The number of aryl methyl sites for hydroxylation is 1. The van der Waals surface area contributed by atoms with Gasteiger partial charge in [-0.25, -0.2) is 0 Å². The van der Waals surface area contributed by atoms with Gasteiger partial charge in [-0.2, -0.15) is 5.10 Å². The molecule has 53 valence electrons. The Labute approximate surface area is 58.1 Å². The molecule has 1 N–H and O–H groups in total. The van der Waals surface area contributed by atoms with Gasteiger partial charge < -0.3 is 5.11 Å². The predicted octanol–water partition coefficient (Wildman–Crippen LogP) is 0.158. The molecule has 1 rings (SSSR count). The fourth-order valence-corrected chi connectivity index (χ4v) is 0.593. The predicted molar refractivity (Wildman–Crippen MR) is 33.3 cm³/mol. The summed E-state index contributed by atoms with van der Waals surface area (Å²) >= 11 is 0. The van der Waals surface area contributed by atoms with Crippen molar-refractivity contribution in [3.63, 3.8) is 0 Å². The van der Waals surface area contributed by atoms with Crippen LogP contribution >= 0.6 is 0 Å². The Kier molecular flexibility index (Phi) is 2.04. The number of carboxylic acids is 1. The number of carboxylic acid groups (broad SMARTS) is 1. The molecule has 0 atom stereocenters. The molecule has 1 radical (unpaired) electrons. The Morgan fingerprint density at radius 2 is 2.60 bits per heavy atom. The molecule has 4 nitrogen and oxygen atoms in total. The van der Waals surface area contributed by atoms with Crippen LogP contribution in [0.5, 0.6) is 0 Å². The summed E-state index contributed by atoms with van der Waals surface area (Å²) in [5, 5.41) is 12.0. The average molecular weight is 139 g/mol. The number of hydrogen-bond acceptors (Lipinski definition) is 2. The highest BCUT2D eigenvalue weighted by molar-refractivity contribution is 5.66. The van der Waals surface area contributed by atoms with Crippen molar-refractivity contribution >= 4 is 5.97 Å². The number of hydrogen-bond donors (Lipinski definition) is 1. The van der Waals surface area contributed by atoms with Crippen molar-refractivity contribution in [1.82, 2.24) is 9.78 Å². The molecular weight excluding hydrogens is 132 g/mol. The van der Waals surface area contributed by atoms with E-state index in [0.717, 1.165) is 0 Å². The number of nitrogens with zero attached hydrogens (tertiary/aromatic N) is 2. The summed E-state index contributed by atoms with van der Waals surface area (Å²) in [6, 6.07) is 2.71. The summed E-state index contributed by atoms with van der Waals surface area (Å²) in [5.74, 6) is -0.810. The number of carbonyl (C=O) groups is 1. The van der Waals surface area contributed by atoms with E-state index in [1.807, 2.05) is 0 Å². The molecule has 4 heteroatoms. The third-order valence-corrected chi connectivity index (χ3v) is 1.06. The molecule has 0 aliphatic rings. The minimum atomic E-state index is -0.810. The fourth-order valence-electron chi connectivity index (χ4n) is 0.593. The molecule has 0 bridgehead atoms. The van der Waals surface area contributed by atoms with E-state index in [2.05, 4.69) is 11.2 Å². The lowest BCUT2D eigenvalue weighted by molar-refractivity contribution is -0.137. The maximum atomic E-state index is 10.0. The lowest BCUT2D eigenvalue weighted by Gasteiger charge is -1.94. The van der Waals surface area contributed by atoms with E-state index in [1.165, 1.54) is 10.9 Å². The first kappa shape index (κ1) is 6.80. The normalized spacial score (nSPS) is 9.60. The van der Waals surface area contributed by atoms with Crippen molar-refractivity contribution in [2.75, 3.05) is 0 Å². The minimum Gasteiger partial charge on any atom is -0.481 e. The molecule has 0 aliphatic heterocycles. The second kappa shape index (κ2) is 3.00. The van der Waals surface area contributed by atoms with E-state index in [0.29, 0.717) is 6.54 Å². The zero-order valence-electron chi connectivity index (χ0n) is 5.32. The van der Waals surface area contributed by atoms with Gasteiger partial charge in [0.1, 0.15) is 0 Å². The van der Waals surface area contributed by atoms with Gasteiger partial charge >= 0.3 is 5.97 Å². The summed E-state index contributed by atoms with van der Waals surface area (Å²) in [5.41, 5.74) is 0. The first-order valence-corrected chi connectivity index (χ1v) is 2.89. The third kappa shape index (κ3) is 1.89. The Hall–Kier alpha value is -1.32. The Morgan fingerprint density at radius 3 is 3.10 bits per heavy atom. The van der Waals surface area contributed by atoms with E-state index in [4.69, 9.17) is 5.11 Å². The largest absolute Gasteiger partial charge is 0.481 e. The maximum Gasteiger partial charge on any atom is 0.305 e. The molecule has 1 heterocycles. The van der Waals surface area contributed by atoms with Crippen LogP contribution in [0.1, 0.15) is 6.42 Å². The molecule has 0 spiro atoms. The van der Waals surface area contributed by atoms with Crippen LogP contribution in [0, 0.1) is 6.07 Å². The zero-order chi connectivity index (χ0) is 7.40. The van der Waals surface area contributed by atoms with Crippen molar-refractivity contribution in [3.05, 3.63) is 18.5 Å². The van der Waals surface area contributed by atoms with Gasteiger partial charge in [0, 0.05) is 12.3 Å². The molecule has 1 aromatic heterocycles. The van der Waals surface area contributed by atoms with Crippen LogP contribution in [-0.4, -0.2) is 20.9 Å². The van der Waals surface area contributed by atoms with Gasteiger partial charge in [0.15, 0.2) is 0 Å². The molecule has 1 aromatic rings. The summed E-state index contributed by atoms with van der Waals surface area (Å²) in [7, 11) is 0. The van der Waals surface area contributed by atoms with E-state index in [-0.39, 0.29) is 6.42 Å². The monoisotopic (exact) mass is 139 g/mol. The van der Waals surface area contributed by atoms with Gasteiger partial charge in [-0.1, -0.05) is 0 Å². The molecule has 0 unspecified atom stereocenters. The Bertz CT molecular complexity index is 206. The summed E-state index contributed by atoms with van der Waals surface area (Å²) in [6.07, 6.45) is 3.22. The first-order valence-electron chi connectivity index (χ1n) is 2.89. The lowest BCUT2D eigenvalue weighted by Crippen LogP contribution is -2.04. The molecule has 10 heavy (non-hydrogen) atoms. The van der Waals surface area contributed by atoms with Crippen LogP contribution < -0.4 is 0 Å². The third-order valence-electron chi connectivity index (χ3n) is 1.06. The molecule has 0 aliphatic carbocycles. The molecule has 0 fully saturated rings. The zero-order valence-corrected chi connectivity index (χ0v) is 5.32. The van der Waals surface area contributed by atoms with Gasteiger partial charge in [-0.05, 0) is 0 Å². The highest BCUT2D eigenvalue weighted by Gasteiger charge is 1.96. The highest BCUT2D eigenvalue weighted by Crippen LogP contribution is 1.87. The van der Waals surface area contributed by atoms with E-state index < -0.39 is 5.97 Å². The van der Waals surface area contributed by atoms with Crippen molar-refractivity contribution in [3.8, 4) is 0 Å². The van der Waals surface area contributed by atoms with Crippen molar-refractivity contribution in [1.29, 1.82) is 0 Å². The second-order valence-electron chi connectivity index (χ2n) is 1.85. The maximum absolute atomic E-state index is 10.0. The van der Waals surface area contributed by atoms with Gasteiger partial charge in [0.25, 0.3) is 0 Å². The SMILES string of the molecule is O=C(O)CCn1c[c]cn1. The number of aliphatic carboxylic acids is 1. The molecule has 0 saturated carbocycles. The highest BCUT2D eigenvalue weighted by atomic mass is 16.4. The van der Waals surface area contributed by atoms with E-state index in [9.17, 15) is 4.79 Å². The quantitative estimate of drug-likeness (QED) is 0.648. The molecule has 0 amide bonds. The summed E-state index contributed by atoms with van der Waals surface area (Å²) < 4.78 is 1.54. The molecule has 0 saturated heterocycles. The molecular formula is C6H7N2O2. The van der Waals surface area contributed by atoms with Gasteiger partial charge in [0.05, 0.1) is 19.2 Å². The van der Waals surface area contributed by atoms with Crippen LogP contribution in [0.15, 0.2) is 12.4 Å². The Morgan fingerprint density at radius 1 is 1.80 bits per heavy atom. The fraction of sp³-hybridized carbons (Fsp3) is 0.333. The number of rotatable bonds is 3. The summed E-state index contributed by atoms with van der Waals surface area (Å²) in [4.78, 5) is 10.0. The topological polar surface area (TPSA) is 55.1 Å². The van der Waals surface area contributed by atoms with Crippen molar-refractivity contribution in [2.45, 2.75) is 13.0 Å². The van der Waals surface area contributed by atoms with Crippen molar-refractivity contribution < 1.29 is 9.90 Å². The van der Waals surface area contributed by atoms with Gasteiger partial charge in [-0.3, -0.25) is 9.48 Å². The van der Waals surface area contributed by atoms with Crippen LogP contribution in [0.3, 0.4) is 0 Å². The first-order chi connectivity index (χ1) is 4.79. The standard InChI is InChI=1S/C6H7N2O2/c9-6(10)2-5-8-4-1-3-7-8/h3-4H,2,5H2,(H,9,10). The second-order valence-corrected chi connectivity index (χ2v) is 1.85. The van der Waals surface area contributed by atoms with E-state index in [1.54, 1.807) is 6.20 Å². The van der Waals surface area contributed by atoms with Crippen LogP contribution in [0.2, 0.25) is 0 Å². The van der Waals surface area contributed by atoms with Crippen LogP contribution in [0.4, 0.5) is 0 Å². The van der Waals surface area contributed by atoms with Crippen LogP contribution in [0.25, 0.3) is 0 Å². The smallest absolute Gasteiger partial charge is 0.305 e. The van der Waals surface area contributed by atoms with Gasteiger partial charge in [-0.15, -0.1) is 0 Å². The van der Waals surface area contributed by atoms with Crippen LogP contribution in [-0.2, 0) is 11.3 Å². The molecule has 0 aromatic carbocycles.